The first-order chi connectivity index (χ1) is 13.7. The maximum atomic E-state index is 12.7. The Morgan fingerprint density at radius 2 is 1.79 bits per heavy atom. The Hall–Kier alpha value is -3.41. The number of hydroxylamine groups is 1. The fourth-order valence-corrected chi connectivity index (χ4v) is 3.06. The number of hydrogen-bond donors (Lipinski definition) is 2. The zero-order chi connectivity index (χ0) is 21.2. The number of amides is 1. The van der Waals surface area contributed by atoms with Gasteiger partial charge < -0.3 is 9.80 Å². The summed E-state index contributed by atoms with van der Waals surface area (Å²) in [6.07, 6.45) is -3.68. The van der Waals surface area contributed by atoms with Crippen molar-refractivity contribution in [2.75, 3.05) is 36.0 Å². The molecular formula is C17H16F3N5O4. The van der Waals surface area contributed by atoms with Crippen LogP contribution in [0, 0.1) is 10.1 Å². The number of nitrogens with zero attached hydrogens (tertiary/aromatic N) is 4. The molecule has 2 N–H and O–H groups in total. The van der Waals surface area contributed by atoms with Crippen LogP contribution in [0.15, 0.2) is 36.5 Å². The molecule has 3 rings (SSSR count). The molecule has 0 spiro atoms. The number of benzene rings is 1. The SMILES string of the molecule is O=C(NO)c1ccc(N2CCN(c3ccc(C(F)(F)F)cn3)CC2)c([N+](=O)[O-])c1. The van der Waals surface area contributed by atoms with Gasteiger partial charge in [-0.1, -0.05) is 0 Å². The van der Waals surface area contributed by atoms with Crippen molar-refractivity contribution in [1.82, 2.24) is 10.5 Å². The number of piperazine rings is 1. The van der Waals surface area contributed by atoms with E-state index in [0.717, 1.165) is 18.3 Å². The second-order valence-corrected chi connectivity index (χ2v) is 6.28. The standard InChI is InChI=1S/C17H16F3N5O4/c18-17(19,20)12-2-4-15(21-10-12)24-7-5-23(6-8-24)13-3-1-11(16(26)22-27)9-14(13)25(28)29/h1-4,9-10,27H,5-8H2,(H,22,26). The molecule has 1 aliphatic heterocycles. The lowest BCUT2D eigenvalue weighted by molar-refractivity contribution is -0.384. The van der Waals surface area contributed by atoms with Crippen LogP contribution < -0.4 is 15.3 Å². The number of nitro benzene ring substituents is 1. The number of rotatable bonds is 4. The number of anilines is 2. The monoisotopic (exact) mass is 411 g/mol. The molecule has 1 aromatic heterocycles. The molecule has 1 aromatic carbocycles. The van der Waals surface area contributed by atoms with Gasteiger partial charge in [0, 0.05) is 44.0 Å². The normalized spacial score (nSPS) is 14.6. The number of aromatic nitrogens is 1. The van der Waals surface area contributed by atoms with Crippen molar-refractivity contribution < 1.29 is 28.1 Å². The molecule has 2 heterocycles. The summed E-state index contributed by atoms with van der Waals surface area (Å²) >= 11 is 0. The van der Waals surface area contributed by atoms with Crippen molar-refractivity contribution in [3.05, 3.63) is 57.8 Å². The van der Waals surface area contributed by atoms with Crippen molar-refractivity contribution in [2.24, 2.45) is 0 Å². The van der Waals surface area contributed by atoms with Crippen LogP contribution in [-0.2, 0) is 6.18 Å². The first kappa shape index (κ1) is 20.3. The molecule has 154 valence electrons. The maximum absolute atomic E-state index is 12.7. The fourth-order valence-electron chi connectivity index (χ4n) is 3.06. The first-order valence-corrected chi connectivity index (χ1v) is 8.46. The van der Waals surface area contributed by atoms with Crippen molar-refractivity contribution in [3.63, 3.8) is 0 Å². The number of carbonyl (C=O) groups is 1. The Labute approximate surface area is 162 Å². The molecule has 0 bridgehead atoms. The number of nitrogens with one attached hydrogen (secondary N) is 1. The smallest absolute Gasteiger partial charge is 0.362 e. The quantitative estimate of drug-likeness (QED) is 0.452. The van der Waals surface area contributed by atoms with Gasteiger partial charge in [0.2, 0.25) is 0 Å². The van der Waals surface area contributed by atoms with Crippen LogP contribution in [-0.4, -0.2) is 47.2 Å². The molecule has 0 aliphatic carbocycles. The van der Waals surface area contributed by atoms with Gasteiger partial charge in [0.05, 0.1) is 10.5 Å². The third kappa shape index (κ3) is 4.37. The topological polar surface area (TPSA) is 112 Å². The van der Waals surface area contributed by atoms with E-state index in [4.69, 9.17) is 5.21 Å². The highest BCUT2D eigenvalue weighted by Gasteiger charge is 2.31. The summed E-state index contributed by atoms with van der Waals surface area (Å²) in [6.45, 7) is 1.53. The van der Waals surface area contributed by atoms with E-state index in [1.165, 1.54) is 23.7 Å². The molecule has 1 fully saturated rings. The Kier molecular flexibility index (Phi) is 5.55. The van der Waals surface area contributed by atoms with E-state index in [9.17, 15) is 28.1 Å². The third-order valence-corrected chi connectivity index (χ3v) is 4.56. The lowest BCUT2D eigenvalue weighted by atomic mass is 10.1. The minimum Gasteiger partial charge on any atom is -0.362 e. The average Bonchev–Trinajstić information content (AvgIpc) is 2.72. The average molecular weight is 411 g/mol. The molecule has 0 radical (unpaired) electrons. The van der Waals surface area contributed by atoms with Gasteiger partial charge >= 0.3 is 6.18 Å². The van der Waals surface area contributed by atoms with Gasteiger partial charge in [-0.15, -0.1) is 0 Å². The van der Waals surface area contributed by atoms with Gasteiger partial charge in [0.25, 0.3) is 11.6 Å². The van der Waals surface area contributed by atoms with Gasteiger partial charge in [-0.05, 0) is 24.3 Å². The maximum Gasteiger partial charge on any atom is 0.417 e. The van der Waals surface area contributed by atoms with E-state index in [2.05, 4.69) is 4.98 Å². The van der Waals surface area contributed by atoms with Gasteiger partial charge in [-0.25, -0.2) is 10.5 Å². The summed E-state index contributed by atoms with van der Waals surface area (Å²) < 4.78 is 38.0. The zero-order valence-corrected chi connectivity index (χ0v) is 14.9. The Morgan fingerprint density at radius 3 is 2.31 bits per heavy atom. The molecule has 12 heteroatoms. The van der Waals surface area contributed by atoms with Crippen LogP contribution in [0.5, 0.6) is 0 Å². The molecule has 0 unspecified atom stereocenters. The minimum atomic E-state index is -4.46. The van der Waals surface area contributed by atoms with Crippen LogP contribution in [0.4, 0.5) is 30.4 Å². The van der Waals surface area contributed by atoms with Gasteiger partial charge in [0.1, 0.15) is 11.5 Å². The third-order valence-electron chi connectivity index (χ3n) is 4.56. The summed E-state index contributed by atoms with van der Waals surface area (Å²) in [4.78, 5) is 29.7. The van der Waals surface area contributed by atoms with E-state index >= 15 is 0 Å². The summed E-state index contributed by atoms with van der Waals surface area (Å²) in [7, 11) is 0. The van der Waals surface area contributed by atoms with Gasteiger partial charge in [0.15, 0.2) is 0 Å². The van der Waals surface area contributed by atoms with Crippen molar-refractivity contribution >= 4 is 23.1 Å². The number of carbonyl (C=O) groups excluding carboxylic acids is 1. The zero-order valence-electron chi connectivity index (χ0n) is 14.9. The summed E-state index contributed by atoms with van der Waals surface area (Å²) in [5.74, 6) is -0.472. The van der Waals surface area contributed by atoms with E-state index in [1.807, 2.05) is 0 Å². The largest absolute Gasteiger partial charge is 0.417 e. The molecule has 29 heavy (non-hydrogen) atoms. The number of pyridine rings is 1. The lowest BCUT2D eigenvalue weighted by Crippen LogP contribution is -2.47. The highest BCUT2D eigenvalue weighted by Crippen LogP contribution is 2.32. The predicted octanol–water partition coefficient (Wildman–Crippen LogP) is 2.45. The minimum absolute atomic E-state index is 0.0597. The van der Waals surface area contributed by atoms with E-state index in [-0.39, 0.29) is 11.3 Å². The summed E-state index contributed by atoms with van der Waals surface area (Å²) in [5, 5.41) is 20.1. The molecule has 9 nitrogen and oxygen atoms in total. The van der Waals surface area contributed by atoms with Crippen LogP contribution in [0.1, 0.15) is 15.9 Å². The highest BCUT2D eigenvalue weighted by atomic mass is 19.4. The first-order valence-electron chi connectivity index (χ1n) is 8.46. The fraction of sp³-hybridized carbons (Fsp3) is 0.294. The van der Waals surface area contributed by atoms with E-state index in [0.29, 0.717) is 37.7 Å². The van der Waals surface area contributed by atoms with Gasteiger partial charge in [-0.3, -0.25) is 20.1 Å². The van der Waals surface area contributed by atoms with Crippen molar-refractivity contribution in [3.8, 4) is 0 Å². The van der Waals surface area contributed by atoms with Crippen LogP contribution in [0.3, 0.4) is 0 Å². The number of alkyl halides is 3. The Balaban J connectivity index is 1.73. The van der Waals surface area contributed by atoms with E-state index < -0.39 is 22.6 Å². The summed E-state index contributed by atoms with van der Waals surface area (Å²) in [5.41, 5.74) is 0.558. The predicted molar refractivity (Wildman–Crippen MR) is 96.0 cm³/mol. The molecular weight excluding hydrogens is 395 g/mol. The van der Waals surface area contributed by atoms with Crippen molar-refractivity contribution in [1.29, 1.82) is 0 Å². The lowest BCUT2D eigenvalue weighted by Gasteiger charge is -2.36. The molecule has 1 amide bonds. The molecule has 0 saturated carbocycles. The number of nitro groups is 1. The van der Waals surface area contributed by atoms with E-state index in [1.54, 1.807) is 9.80 Å². The van der Waals surface area contributed by atoms with Crippen LogP contribution >= 0.6 is 0 Å². The molecule has 2 aromatic rings. The van der Waals surface area contributed by atoms with Crippen LogP contribution in [0.25, 0.3) is 0 Å². The van der Waals surface area contributed by atoms with Crippen LogP contribution in [0.2, 0.25) is 0 Å². The molecule has 1 saturated heterocycles. The van der Waals surface area contributed by atoms with Crippen molar-refractivity contribution in [2.45, 2.75) is 6.18 Å². The molecule has 0 atom stereocenters. The number of hydrogen-bond acceptors (Lipinski definition) is 7. The Morgan fingerprint density at radius 1 is 1.14 bits per heavy atom. The second-order valence-electron chi connectivity index (χ2n) is 6.28. The molecule has 1 aliphatic rings. The van der Waals surface area contributed by atoms with Gasteiger partial charge in [-0.2, -0.15) is 13.2 Å². The summed E-state index contributed by atoms with van der Waals surface area (Å²) in [6, 6.07) is 6.12. The second kappa shape index (κ2) is 7.91. The Bertz CT molecular complexity index is 912. The number of halogens is 3. The highest BCUT2D eigenvalue weighted by molar-refractivity contribution is 5.95.